The number of hydrogen-bond donors (Lipinski definition) is 2. The molecule has 8 heteroatoms. The fourth-order valence-electron chi connectivity index (χ4n) is 8.04. The van der Waals surface area contributed by atoms with Gasteiger partial charge in [0.05, 0.1) is 38.6 Å². The summed E-state index contributed by atoms with van der Waals surface area (Å²) in [7, 11) is 6.41. The first-order chi connectivity index (χ1) is 18.3. The lowest BCUT2D eigenvalue weighted by Gasteiger charge is -2.77. The number of ether oxygens (including phenoxy) is 2. The molecule has 1 fully saturated rings. The third-order valence-electron chi connectivity index (χ3n) is 8.89. The molecule has 0 spiro atoms. The van der Waals surface area contributed by atoms with E-state index < -0.39 is 46.7 Å². The number of fused-ring (bicyclic) bond motifs is 4. The zero-order chi connectivity index (χ0) is 27.2. The number of carbonyl (C=O) groups is 2. The van der Waals surface area contributed by atoms with Gasteiger partial charge < -0.3 is 29.5 Å². The molecule has 0 bridgehead atoms. The van der Waals surface area contributed by atoms with Crippen molar-refractivity contribution in [3.63, 3.8) is 0 Å². The van der Waals surface area contributed by atoms with Gasteiger partial charge in [0, 0.05) is 61.2 Å². The Hall–Kier alpha value is -3.62. The highest BCUT2D eigenvalue weighted by atomic mass is 16.5. The fraction of sp³-hybridized carbons (Fsp3) is 0.400. The molecule has 0 radical (unpaired) electrons. The Morgan fingerprint density at radius 2 is 1.05 bits per heavy atom. The molecule has 2 heterocycles. The predicted octanol–water partition coefficient (Wildman–Crippen LogP) is 2.27. The summed E-state index contributed by atoms with van der Waals surface area (Å²) in [5.41, 5.74) is 0.801. The van der Waals surface area contributed by atoms with Crippen molar-refractivity contribution in [1.29, 1.82) is 0 Å². The van der Waals surface area contributed by atoms with Crippen molar-refractivity contribution in [1.82, 2.24) is 9.80 Å². The van der Waals surface area contributed by atoms with Crippen molar-refractivity contribution in [2.45, 2.75) is 23.9 Å². The van der Waals surface area contributed by atoms with E-state index in [9.17, 15) is 19.8 Å². The maximum Gasteiger partial charge on any atom is 0.335 e. The van der Waals surface area contributed by atoms with Crippen molar-refractivity contribution in [2.75, 3.05) is 41.5 Å². The molecule has 5 rings (SSSR count). The third-order valence-corrected chi connectivity index (χ3v) is 8.89. The summed E-state index contributed by atoms with van der Waals surface area (Å²) in [6, 6.07) is 18.4. The average molecular weight is 519 g/mol. The van der Waals surface area contributed by atoms with Crippen LogP contribution < -0.4 is 0 Å². The van der Waals surface area contributed by atoms with Crippen LogP contribution in [0.5, 0.6) is 0 Å². The zero-order valence-electron chi connectivity index (χ0n) is 22.1. The Labute approximate surface area is 222 Å². The van der Waals surface area contributed by atoms with Crippen LogP contribution in [0.3, 0.4) is 0 Å². The maximum absolute atomic E-state index is 13.2. The van der Waals surface area contributed by atoms with Gasteiger partial charge in [0.1, 0.15) is 0 Å². The number of benzene rings is 2. The summed E-state index contributed by atoms with van der Waals surface area (Å²) in [6.45, 7) is -0.509. The van der Waals surface area contributed by atoms with Crippen LogP contribution in [0.4, 0.5) is 0 Å². The van der Waals surface area contributed by atoms with E-state index in [-0.39, 0.29) is 13.2 Å². The maximum atomic E-state index is 13.2. The van der Waals surface area contributed by atoms with Gasteiger partial charge in [-0.3, -0.25) is 0 Å². The summed E-state index contributed by atoms with van der Waals surface area (Å²) < 4.78 is 10.4. The molecule has 2 aromatic carbocycles. The van der Waals surface area contributed by atoms with E-state index in [0.717, 1.165) is 11.1 Å². The van der Waals surface area contributed by atoms with Crippen LogP contribution >= 0.6 is 0 Å². The van der Waals surface area contributed by atoms with E-state index in [1.165, 1.54) is 14.2 Å². The van der Waals surface area contributed by atoms with Gasteiger partial charge >= 0.3 is 11.9 Å². The molecule has 2 aliphatic heterocycles. The molecule has 2 atom stereocenters. The zero-order valence-corrected chi connectivity index (χ0v) is 22.1. The standard InChI is InChI=1S/C30H34N2O6/c1-31-15-21(25(35)37-3)23(19-11-7-5-8-12-19)29(17-33)27(31)30(18-34)24(20-13-9-6-10-14-20)22(26(36)38-4)16-32(2)28(29)30/h5-16,23-24,27-28,33-34H,17-18H2,1-4H3/t23-,24-,27?,28?,29?,30?/m0/s1. The minimum atomic E-state index is -0.906. The van der Waals surface area contributed by atoms with Gasteiger partial charge in [-0.15, -0.1) is 0 Å². The van der Waals surface area contributed by atoms with Crippen LogP contribution in [0.1, 0.15) is 23.0 Å². The number of esters is 2. The Kier molecular flexibility index (Phi) is 6.57. The molecule has 38 heavy (non-hydrogen) atoms. The van der Waals surface area contributed by atoms with Crippen molar-refractivity contribution in [3.05, 3.63) is 95.3 Å². The summed E-state index contributed by atoms with van der Waals surface area (Å²) in [5, 5.41) is 22.6. The first-order valence-corrected chi connectivity index (χ1v) is 12.7. The first-order valence-electron chi connectivity index (χ1n) is 12.7. The molecule has 0 amide bonds. The lowest BCUT2D eigenvalue weighted by atomic mass is 9.34. The Bertz CT molecular complexity index is 1170. The smallest absolute Gasteiger partial charge is 0.335 e. The topological polar surface area (TPSA) is 99.5 Å². The number of aliphatic hydroxyl groups excluding tert-OH is 2. The van der Waals surface area contributed by atoms with Gasteiger partial charge in [-0.2, -0.15) is 0 Å². The number of nitrogens with zero attached hydrogens (tertiary/aromatic N) is 2. The molecular weight excluding hydrogens is 484 g/mol. The van der Waals surface area contributed by atoms with E-state index in [1.54, 1.807) is 12.4 Å². The minimum absolute atomic E-state index is 0.254. The van der Waals surface area contributed by atoms with Gasteiger partial charge in [0.25, 0.3) is 0 Å². The van der Waals surface area contributed by atoms with E-state index >= 15 is 0 Å². The van der Waals surface area contributed by atoms with Gasteiger partial charge in [0.2, 0.25) is 0 Å². The van der Waals surface area contributed by atoms with Crippen LogP contribution in [-0.4, -0.2) is 85.6 Å². The van der Waals surface area contributed by atoms with Gasteiger partial charge in [-0.25, -0.2) is 9.59 Å². The number of aliphatic hydroxyl groups is 2. The minimum Gasteiger partial charge on any atom is -0.466 e. The summed E-state index contributed by atoms with van der Waals surface area (Å²) >= 11 is 0. The summed E-state index contributed by atoms with van der Waals surface area (Å²) in [5.74, 6) is -1.97. The lowest BCUT2D eigenvalue weighted by molar-refractivity contribution is -0.254. The molecule has 1 saturated carbocycles. The number of carbonyl (C=O) groups excluding carboxylic acids is 2. The summed E-state index contributed by atoms with van der Waals surface area (Å²) in [4.78, 5) is 30.1. The molecule has 0 unspecified atom stereocenters. The van der Waals surface area contributed by atoms with Crippen LogP contribution in [0.25, 0.3) is 0 Å². The van der Waals surface area contributed by atoms with Crippen molar-refractivity contribution in [3.8, 4) is 0 Å². The van der Waals surface area contributed by atoms with E-state index in [2.05, 4.69) is 0 Å². The highest BCUT2D eigenvalue weighted by molar-refractivity contribution is 5.92. The lowest BCUT2D eigenvalue weighted by Crippen LogP contribution is -2.86. The van der Waals surface area contributed by atoms with Crippen LogP contribution in [-0.2, 0) is 19.1 Å². The van der Waals surface area contributed by atoms with Gasteiger partial charge in [0.15, 0.2) is 0 Å². The molecule has 0 aromatic heterocycles. The first kappa shape index (κ1) is 26.0. The monoisotopic (exact) mass is 518 g/mol. The van der Waals surface area contributed by atoms with E-state index in [1.807, 2.05) is 84.6 Å². The van der Waals surface area contributed by atoms with Crippen LogP contribution in [0, 0.1) is 10.8 Å². The Morgan fingerprint density at radius 1 is 0.711 bits per heavy atom. The normalized spacial score (nSPS) is 31.7. The van der Waals surface area contributed by atoms with Crippen molar-refractivity contribution in [2.24, 2.45) is 10.8 Å². The average Bonchev–Trinajstić information content (AvgIpc) is 2.94. The number of methoxy groups -OCH3 is 2. The van der Waals surface area contributed by atoms with Gasteiger partial charge in [-0.1, -0.05) is 60.7 Å². The second-order valence-electron chi connectivity index (χ2n) is 10.5. The Morgan fingerprint density at radius 3 is 1.34 bits per heavy atom. The molecule has 0 saturated heterocycles. The third kappa shape index (κ3) is 3.29. The SMILES string of the molecule is COC(=O)C1=CN(C)C2C(CO)(C3N(C)C=C(C(=O)OC)[C@H](c4ccccc4)C23CO)[C@H]1c1ccccc1. The highest BCUT2D eigenvalue weighted by Gasteiger charge is 2.80. The Balaban J connectivity index is 1.82. The van der Waals surface area contributed by atoms with Crippen LogP contribution in [0.2, 0.25) is 0 Å². The van der Waals surface area contributed by atoms with Crippen LogP contribution in [0.15, 0.2) is 84.2 Å². The largest absolute Gasteiger partial charge is 0.466 e. The number of rotatable bonds is 6. The fourth-order valence-corrected chi connectivity index (χ4v) is 8.04. The number of hydrogen-bond acceptors (Lipinski definition) is 8. The molecule has 2 aromatic rings. The second-order valence-corrected chi connectivity index (χ2v) is 10.5. The van der Waals surface area contributed by atoms with Crippen molar-refractivity contribution < 1.29 is 29.3 Å². The molecule has 3 aliphatic rings. The van der Waals surface area contributed by atoms with E-state index in [0.29, 0.717) is 11.1 Å². The second kappa shape index (κ2) is 9.60. The molecule has 2 N–H and O–H groups in total. The molecule has 200 valence electrons. The quantitative estimate of drug-likeness (QED) is 0.562. The van der Waals surface area contributed by atoms with Crippen molar-refractivity contribution >= 4 is 11.9 Å². The predicted molar refractivity (Wildman–Crippen MR) is 141 cm³/mol. The molecule has 8 nitrogen and oxygen atoms in total. The molecular formula is C30H34N2O6. The highest BCUT2D eigenvalue weighted by Crippen LogP contribution is 2.73. The summed E-state index contributed by atoms with van der Waals surface area (Å²) in [6.07, 6.45) is 3.54. The molecule has 1 aliphatic carbocycles. The van der Waals surface area contributed by atoms with E-state index in [4.69, 9.17) is 9.47 Å². The van der Waals surface area contributed by atoms with Gasteiger partial charge in [-0.05, 0) is 11.1 Å².